The fourth-order valence-electron chi connectivity index (χ4n) is 0.895. The lowest BCUT2D eigenvalue weighted by molar-refractivity contribution is -0.129. The normalized spacial score (nSPS) is 10.5. The second-order valence-electron chi connectivity index (χ2n) is 2.68. The summed E-state index contributed by atoms with van der Waals surface area (Å²) in [5, 5.41) is 0. The van der Waals surface area contributed by atoms with Gasteiger partial charge in [0.25, 0.3) is 6.43 Å². The van der Waals surface area contributed by atoms with E-state index >= 15 is 0 Å². The SMILES string of the molecule is O=C(CCSc1ccccc1)C(F)F. The average Bonchev–Trinajstić information content (AvgIpc) is 2.19. The van der Waals surface area contributed by atoms with Crippen molar-refractivity contribution in [1.29, 1.82) is 0 Å². The first-order chi connectivity index (χ1) is 6.70. The molecule has 0 unspecified atom stereocenters. The van der Waals surface area contributed by atoms with E-state index in [1.807, 2.05) is 30.3 Å². The molecule has 0 atom stereocenters. The molecule has 0 fully saturated rings. The molecule has 0 heterocycles. The van der Waals surface area contributed by atoms with Crippen molar-refractivity contribution in [2.24, 2.45) is 0 Å². The van der Waals surface area contributed by atoms with Gasteiger partial charge in [-0.1, -0.05) is 18.2 Å². The van der Waals surface area contributed by atoms with Crippen LogP contribution in [-0.4, -0.2) is 18.0 Å². The van der Waals surface area contributed by atoms with E-state index in [2.05, 4.69) is 0 Å². The quantitative estimate of drug-likeness (QED) is 0.704. The second-order valence-corrected chi connectivity index (χ2v) is 3.85. The summed E-state index contributed by atoms with van der Waals surface area (Å²) in [5.41, 5.74) is 0. The van der Waals surface area contributed by atoms with Gasteiger partial charge in [-0.15, -0.1) is 11.8 Å². The highest BCUT2D eigenvalue weighted by Gasteiger charge is 2.14. The molecule has 0 aliphatic carbocycles. The highest BCUT2D eigenvalue weighted by atomic mass is 32.2. The fraction of sp³-hybridized carbons (Fsp3) is 0.300. The predicted molar refractivity (Wildman–Crippen MR) is 52.8 cm³/mol. The smallest absolute Gasteiger partial charge is 0.293 e. The van der Waals surface area contributed by atoms with Crippen molar-refractivity contribution in [2.75, 3.05) is 5.75 Å². The number of carbonyl (C=O) groups excluding carboxylic acids is 1. The van der Waals surface area contributed by atoms with Crippen LogP contribution in [0.1, 0.15) is 6.42 Å². The number of halogens is 2. The largest absolute Gasteiger partial charge is 0.296 e. The van der Waals surface area contributed by atoms with E-state index in [0.717, 1.165) is 4.90 Å². The molecule has 0 saturated carbocycles. The zero-order chi connectivity index (χ0) is 10.4. The van der Waals surface area contributed by atoms with Gasteiger partial charge in [-0.05, 0) is 12.1 Å². The van der Waals surface area contributed by atoms with Crippen LogP contribution in [0, 0.1) is 0 Å². The van der Waals surface area contributed by atoms with E-state index in [4.69, 9.17) is 0 Å². The van der Waals surface area contributed by atoms with E-state index in [9.17, 15) is 13.6 Å². The molecule has 0 bridgehead atoms. The Balaban J connectivity index is 2.26. The first-order valence-electron chi connectivity index (χ1n) is 4.19. The number of Topliss-reactive ketones (excluding diaryl/α,β-unsaturated/α-hetero) is 1. The number of carbonyl (C=O) groups is 1. The van der Waals surface area contributed by atoms with Crippen LogP contribution in [-0.2, 0) is 4.79 Å². The van der Waals surface area contributed by atoms with Gasteiger partial charge in [-0.3, -0.25) is 4.79 Å². The van der Waals surface area contributed by atoms with Crippen LogP contribution in [0.15, 0.2) is 35.2 Å². The van der Waals surface area contributed by atoms with E-state index in [1.54, 1.807) is 0 Å². The van der Waals surface area contributed by atoms with Gasteiger partial charge in [-0.2, -0.15) is 0 Å². The van der Waals surface area contributed by atoms with Crippen molar-refractivity contribution < 1.29 is 13.6 Å². The Morgan fingerprint density at radius 3 is 2.50 bits per heavy atom. The molecule has 0 aliphatic heterocycles. The lowest BCUT2D eigenvalue weighted by Crippen LogP contribution is -2.10. The third-order valence-corrected chi connectivity index (χ3v) is 2.62. The summed E-state index contributed by atoms with van der Waals surface area (Å²) in [6.07, 6.45) is -2.90. The molecule has 76 valence electrons. The molecule has 1 rings (SSSR count). The molecule has 0 aromatic heterocycles. The summed E-state index contributed by atoms with van der Waals surface area (Å²) in [7, 11) is 0. The Bertz CT molecular complexity index is 287. The van der Waals surface area contributed by atoms with Crippen molar-refractivity contribution in [3.63, 3.8) is 0 Å². The Kier molecular flexibility index (Phi) is 4.59. The lowest BCUT2D eigenvalue weighted by Gasteiger charge is -2.00. The Hall–Kier alpha value is -0.900. The predicted octanol–water partition coefficient (Wildman–Crippen LogP) is 3.00. The van der Waals surface area contributed by atoms with E-state index in [0.29, 0.717) is 5.75 Å². The molecule has 4 heteroatoms. The molecule has 14 heavy (non-hydrogen) atoms. The number of rotatable bonds is 5. The van der Waals surface area contributed by atoms with Crippen LogP contribution in [0.4, 0.5) is 8.78 Å². The van der Waals surface area contributed by atoms with Crippen molar-refractivity contribution >= 4 is 17.5 Å². The van der Waals surface area contributed by atoms with Crippen molar-refractivity contribution in [2.45, 2.75) is 17.7 Å². The van der Waals surface area contributed by atoms with Crippen LogP contribution in [0.25, 0.3) is 0 Å². The molecule has 0 saturated heterocycles. The van der Waals surface area contributed by atoms with Gasteiger partial charge in [0.1, 0.15) is 0 Å². The van der Waals surface area contributed by atoms with Crippen molar-refractivity contribution in [1.82, 2.24) is 0 Å². The van der Waals surface area contributed by atoms with Gasteiger partial charge in [0.05, 0.1) is 0 Å². The molecule has 0 N–H and O–H groups in total. The number of thioether (sulfide) groups is 1. The van der Waals surface area contributed by atoms with Crippen molar-refractivity contribution in [3.8, 4) is 0 Å². The van der Waals surface area contributed by atoms with Crippen LogP contribution in [0.5, 0.6) is 0 Å². The Morgan fingerprint density at radius 1 is 1.29 bits per heavy atom. The minimum atomic E-state index is -2.83. The van der Waals surface area contributed by atoms with Crippen LogP contribution in [0.2, 0.25) is 0 Å². The Labute approximate surface area is 85.5 Å². The Morgan fingerprint density at radius 2 is 1.93 bits per heavy atom. The standard InChI is InChI=1S/C10H10F2OS/c11-10(12)9(13)6-7-14-8-4-2-1-3-5-8/h1-5,10H,6-7H2. The van der Waals surface area contributed by atoms with E-state index in [-0.39, 0.29) is 6.42 Å². The molecular formula is C10H10F2OS. The molecule has 0 radical (unpaired) electrons. The lowest BCUT2D eigenvalue weighted by atomic mass is 10.3. The summed E-state index contributed by atoms with van der Waals surface area (Å²) < 4.78 is 23.6. The summed E-state index contributed by atoms with van der Waals surface area (Å²) in [5.74, 6) is -0.568. The number of hydrogen-bond donors (Lipinski definition) is 0. The molecule has 0 amide bonds. The monoisotopic (exact) mass is 216 g/mol. The second kappa shape index (κ2) is 5.75. The van der Waals surface area contributed by atoms with Crippen LogP contribution >= 0.6 is 11.8 Å². The maximum Gasteiger partial charge on any atom is 0.296 e. The number of alkyl halides is 2. The van der Waals surface area contributed by atoms with Crippen molar-refractivity contribution in [3.05, 3.63) is 30.3 Å². The molecule has 1 aromatic rings. The zero-order valence-corrected chi connectivity index (χ0v) is 8.27. The minimum Gasteiger partial charge on any atom is -0.293 e. The van der Waals surface area contributed by atoms with Crippen LogP contribution in [0.3, 0.4) is 0 Å². The topological polar surface area (TPSA) is 17.1 Å². The van der Waals surface area contributed by atoms with Gasteiger partial charge in [-0.25, -0.2) is 8.78 Å². The van der Waals surface area contributed by atoms with Gasteiger partial charge >= 0.3 is 0 Å². The first-order valence-corrected chi connectivity index (χ1v) is 5.17. The maximum atomic E-state index is 11.8. The number of benzene rings is 1. The molecule has 0 aliphatic rings. The van der Waals surface area contributed by atoms with Gasteiger partial charge < -0.3 is 0 Å². The summed E-state index contributed by atoms with van der Waals surface area (Å²) in [6, 6.07) is 9.40. The molecule has 1 aromatic carbocycles. The molecular weight excluding hydrogens is 206 g/mol. The maximum absolute atomic E-state index is 11.8. The summed E-state index contributed by atoms with van der Waals surface area (Å²) in [6.45, 7) is 0. The van der Waals surface area contributed by atoms with Gasteiger partial charge in [0.2, 0.25) is 0 Å². The number of ketones is 1. The van der Waals surface area contributed by atoms with Gasteiger partial charge in [0.15, 0.2) is 5.78 Å². The van der Waals surface area contributed by atoms with E-state index < -0.39 is 12.2 Å². The third kappa shape index (κ3) is 3.87. The van der Waals surface area contributed by atoms with Crippen LogP contribution < -0.4 is 0 Å². The first kappa shape index (κ1) is 11.2. The highest BCUT2D eigenvalue weighted by Crippen LogP contribution is 2.18. The van der Waals surface area contributed by atoms with Gasteiger partial charge in [0, 0.05) is 17.1 Å². The van der Waals surface area contributed by atoms with E-state index in [1.165, 1.54) is 11.8 Å². The molecule has 1 nitrogen and oxygen atoms in total. The summed E-state index contributed by atoms with van der Waals surface area (Å²) in [4.78, 5) is 11.6. The average molecular weight is 216 g/mol. The summed E-state index contributed by atoms with van der Waals surface area (Å²) >= 11 is 1.41. The minimum absolute atomic E-state index is 0.0722. The third-order valence-electron chi connectivity index (χ3n) is 1.60. The number of hydrogen-bond acceptors (Lipinski definition) is 2. The molecule has 0 spiro atoms. The zero-order valence-electron chi connectivity index (χ0n) is 7.45. The fourth-order valence-corrected chi connectivity index (χ4v) is 1.78. The highest BCUT2D eigenvalue weighted by molar-refractivity contribution is 7.99.